The van der Waals surface area contributed by atoms with Crippen LogP contribution in [0.15, 0.2) is 18.2 Å². The van der Waals surface area contributed by atoms with Crippen LogP contribution in [0, 0.1) is 11.7 Å². The third-order valence-corrected chi connectivity index (χ3v) is 3.03. The summed E-state index contributed by atoms with van der Waals surface area (Å²) in [4.78, 5) is 14.9. The molecular weight excluding hydrogens is 223 g/mol. The Hall–Kier alpha value is -1.91. The largest absolute Gasteiger partial charge is 0.542 e. The minimum atomic E-state index is -1.32. The third kappa shape index (κ3) is 1.77. The predicted octanol–water partition coefficient (Wildman–Crippen LogP) is 0.949. The first-order valence-electron chi connectivity index (χ1n) is 5.52. The number of nitrogens with zero attached hydrogens (tertiary/aromatic N) is 2. The van der Waals surface area contributed by atoms with Crippen molar-refractivity contribution in [3.8, 4) is 0 Å². The second-order valence-electron chi connectivity index (χ2n) is 4.41. The molecule has 0 amide bonds. The highest BCUT2D eigenvalue weighted by Crippen LogP contribution is 2.32. The fourth-order valence-corrected chi connectivity index (χ4v) is 2.00. The Labute approximate surface area is 96.7 Å². The van der Waals surface area contributed by atoms with Crippen molar-refractivity contribution in [2.75, 3.05) is 0 Å². The molecule has 1 saturated carbocycles. The van der Waals surface area contributed by atoms with Crippen molar-refractivity contribution in [3.05, 3.63) is 29.8 Å². The molecule has 0 N–H and O–H groups in total. The Kier molecular flexibility index (Phi) is 2.14. The molecule has 0 aliphatic heterocycles. The van der Waals surface area contributed by atoms with E-state index in [1.807, 2.05) is 0 Å². The number of aromatic nitrogens is 2. The van der Waals surface area contributed by atoms with Gasteiger partial charge >= 0.3 is 0 Å². The number of carboxylic acids is 1. The van der Waals surface area contributed by atoms with Gasteiger partial charge < -0.3 is 14.5 Å². The van der Waals surface area contributed by atoms with Gasteiger partial charge in [-0.25, -0.2) is 9.37 Å². The zero-order valence-electron chi connectivity index (χ0n) is 9.02. The molecule has 1 fully saturated rings. The van der Waals surface area contributed by atoms with Crippen molar-refractivity contribution < 1.29 is 14.3 Å². The molecule has 0 saturated heterocycles. The van der Waals surface area contributed by atoms with Crippen LogP contribution in [0.4, 0.5) is 4.39 Å². The van der Waals surface area contributed by atoms with Crippen LogP contribution in [-0.2, 0) is 6.54 Å². The van der Waals surface area contributed by atoms with Crippen molar-refractivity contribution in [2.24, 2.45) is 5.92 Å². The highest BCUT2D eigenvalue weighted by atomic mass is 19.1. The molecule has 2 aromatic rings. The average molecular weight is 233 g/mol. The van der Waals surface area contributed by atoms with Gasteiger partial charge in [0.25, 0.3) is 0 Å². The molecule has 1 aromatic heterocycles. The molecule has 88 valence electrons. The lowest BCUT2D eigenvalue weighted by molar-refractivity contribution is -0.256. The Morgan fingerprint density at radius 1 is 1.53 bits per heavy atom. The van der Waals surface area contributed by atoms with Crippen molar-refractivity contribution in [2.45, 2.75) is 19.4 Å². The molecule has 1 aromatic carbocycles. The van der Waals surface area contributed by atoms with Crippen LogP contribution >= 0.6 is 0 Å². The second kappa shape index (κ2) is 3.55. The normalized spacial score (nSPS) is 15.4. The smallest absolute Gasteiger partial charge is 0.156 e. The van der Waals surface area contributed by atoms with Crippen molar-refractivity contribution in [1.29, 1.82) is 0 Å². The van der Waals surface area contributed by atoms with Gasteiger partial charge in [-0.2, -0.15) is 0 Å². The lowest BCUT2D eigenvalue weighted by Gasteiger charge is -2.08. The van der Waals surface area contributed by atoms with Crippen molar-refractivity contribution in [3.63, 3.8) is 0 Å². The summed E-state index contributed by atoms with van der Waals surface area (Å²) in [5.41, 5.74) is 1.02. The van der Waals surface area contributed by atoms with E-state index >= 15 is 0 Å². The number of carbonyl (C=O) groups is 1. The first kappa shape index (κ1) is 10.3. The topological polar surface area (TPSA) is 57.9 Å². The molecule has 17 heavy (non-hydrogen) atoms. The van der Waals surface area contributed by atoms with E-state index < -0.39 is 11.8 Å². The lowest BCUT2D eigenvalue weighted by Crippen LogP contribution is -2.26. The fourth-order valence-electron chi connectivity index (χ4n) is 2.00. The first-order chi connectivity index (χ1) is 8.15. The summed E-state index contributed by atoms with van der Waals surface area (Å²) in [7, 11) is 0. The van der Waals surface area contributed by atoms with Gasteiger partial charge in [0.1, 0.15) is 11.8 Å². The number of carboxylic acid groups (broad SMARTS) is 1. The van der Waals surface area contributed by atoms with Gasteiger partial charge in [0.05, 0.1) is 11.0 Å². The number of hydrogen-bond acceptors (Lipinski definition) is 3. The summed E-state index contributed by atoms with van der Waals surface area (Å²) in [6.07, 6.45) is 2.21. The van der Waals surface area contributed by atoms with Crippen LogP contribution in [-0.4, -0.2) is 15.5 Å². The van der Waals surface area contributed by atoms with Crippen LogP contribution in [0.5, 0.6) is 0 Å². The SMILES string of the molecule is O=C([O-])c1nc2cc(F)ccc2n1CC1CC1. The Balaban J connectivity index is 2.18. The van der Waals surface area contributed by atoms with Crippen LogP contribution in [0.2, 0.25) is 0 Å². The number of imidazole rings is 1. The quantitative estimate of drug-likeness (QED) is 0.793. The molecule has 5 heteroatoms. The summed E-state index contributed by atoms with van der Waals surface area (Å²) in [6.45, 7) is 0.617. The highest BCUT2D eigenvalue weighted by Gasteiger charge is 2.24. The molecule has 0 atom stereocenters. The van der Waals surface area contributed by atoms with Crippen molar-refractivity contribution in [1.82, 2.24) is 9.55 Å². The molecule has 1 heterocycles. The van der Waals surface area contributed by atoms with E-state index in [2.05, 4.69) is 4.98 Å². The Morgan fingerprint density at radius 3 is 2.94 bits per heavy atom. The number of fused-ring (bicyclic) bond motifs is 1. The number of benzene rings is 1. The van der Waals surface area contributed by atoms with E-state index in [0.29, 0.717) is 23.5 Å². The van der Waals surface area contributed by atoms with Crippen LogP contribution in [0.3, 0.4) is 0 Å². The lowest BCUT2D eigenvalue weighted by atomic mass is 10.3. The molecule has 4 nitrogen and oxygen atoms in total. The van der Waals surface area contributed by atoms with E-state index in [9.17, 15) is 14.3 Å². The minimum absolute atomic E-state index is 0.113. The molecule has 0 spiro atoms. The highest BCUT2D eigenvalue weighted by molar-refractivity contribution is 5.88. The van der Waals surface area contributed by atoms with Gasteiger partial charge in [0.15, 0.2) is 5.82 Å². The molecule has 1 aliphatic carbocycles. The predicted molar refractivity (Wildman–Crippen MR) is 56.7 cm³/mol. The van der Waals surface area contributed by atoms with Crippen LogP contribution in [0.1, 0.15) is 23.5 Å². The Bertz CT molecular complexity index is 602. The van der Waals surface area contributed by atoms with Crippen LogP contribution in [0.25, 0.3) is 11.0 Å². The number of hydrogen-bond donors (Lipinski definition) is 0. The molecule has 1 aliphatic rings. The monoisotopic (exact) mass is 233 g/mol. The number of carbonyl (C=O) groups excluding carboxylic acids is 1. The second-order valence-corrected chi connectivity index (χ2v) is 4.41. The summed E-state index contributed by atoms with van der Waals surface area (Å²) in [6, 6.07) is 4.12. The molecule has 0 unspecified atom stereocenters. The first-order valence-corrected chi connectivity index (χ1v) is 5.52. The fraction of sp³-hybridized carbons (Fsp3) is 0.333. The van der Waals surface area contributed by atoms with E-state index in [0.717, 1.165) is 12.8 Å². The van der Waals surface area contributed by atoms with E-state index in [1.54, 1.807) is 10.6 Å². The van der Waals surface area contributed by atoms with E-state index in [1.165, 1.54) is 12.1 Å². The maximum atomic E-state index is 13.0. The molecule has 0 bridgehead atoms. The molecule has 0 radical (unpaired) electrons. The summed E-state index contributed by atoms with van der Waals surface area (Å²) in [5.74, 6) is -1.34. The number of rotatable bonds is 3. The van der Waals surface area contributed by atoms with Crippen molar-refractivity contribution >= 4 is 17.0 Å². The summed E-state index contributed by atoms with van der Waals surface area (Å²) >= 11 is 0. The van der Waals surface area contributed by atoms with E-state index in [4.69, 9.17) is 0 Å². The maximum Gasteiger partial charge on any atom is 0.156 e. The van der Waals surface area contributed by atoms with E-state index in [-0.39, 0.29) is 5.82 Å². The van der Waals surface area contributed by atoms with Gasteiger partial charge in [-0.05, 0) is 30.9 Å². The summed E-state index contributed by atoms with van der Waals surface area (Å²) in [5, 5.41) is 11.0. The maximum absolute atomic E-state index is 13.0. The van der Waals surface area contributed by atoms with Gasteiger partial charge in [-0.1, -0.05) is 0 Å². The van der Waals surface area contributed by atoms with Crippen LogP contribution < -0.4 is 5.11 Å². The van der Waals surface area contributed by atoms with Gasteiger partial charge in [0, 0.05) is 12.6 Å². The summed E-state index contributed by atoms with van der Waals surface area (Å²) < 4.78 is 14.7. The van der Waals surface area contributed by atoms with Gasteiger partial charge in [-0.3, -0.25) is 0 Å². The average Bonchev–Trinajstić information content (AvgIpc) is 3.00. The standard InChI is InChI=1S/C12H11FN2O2/c13-8-3-4-10-9(5-8)14-11(12(16)17)15(10)6-7-1-2-7/h3-5,7H,1-2,6H2,(H,16,17)/p-1. The van der Waals surface area contributed by atoms with Gasteiger partial charge in [-0.15, -0.1) is 0 Å². The zero-order valence-corrected chi connectivity index (χ0v) is 9.02. The number of halogens is 1. The number of aromatic carboxylic acids is 1. The molecule has 3 rings (SSSR count). The third-order valence-electron chi connectivity index (χ3n) is 3.03. The molecular formula is C12H10FN2O2-. The van der Waals surface area contributed by atoms with Gasteiger partial charge in [0.2, 0.25) is 0 Å². The Morgan fingerprint density at radius 2 is 2.29 bits per heavy atom. The minimum Gasteiger partial charge on any atom is -0.542 e. The zero-order chi connectivity index (χ0) is 12.0.